The van der Waals surface area contributed by atoms with Crippen molar-refractivity contribution in [2.45, 2.75) is 248 Å². The zero-order valence-corrected chi connectivity index (χ0v) is 74.9. The zero-order chi connectivity index (χ0) is 88.1. The Morgan fingerprint density at radius 1 is 0.479 bits per heavy atom. The van der Waals surface area contributed by atoms with Crippen LogP contribution < -0.4 is 9.80 Å². The van der Waals surface area contributed by atoms with Crippen LogP contribution in [0.1, 0.15) is 303 Å². The van der Waals surface area contributed by atoms with Crippen LogP contribution in [-0.4, -0.2) is 186 Å². The number of aromatic carboxylic acids is 2. The lowest BCUT2D eigenvalue weighted by atomic mass is 9.72. The van der Waals surface area contributed by atoms with Crippen LogP contribution in [0.5, 0.6) is 0 Å². The number of H-pyrrole nitrogens is 1. The first-order valence-electron chi connectivity index (χ1n) is 42.1. The van der Waals surface area contributed by atoms with E-state index in [1.165, 1.54) is 37.8 Å². The summed E-state index contributed by atoms with van der Waals surface area (Å²) in [5.74, 6) is -0.977. The van der Waals surface area contributed by atoms with Crippen molar-refractivity contribution >= 4 is 92.1 Å². The number of carbonyl (C=O) groups is 6. The molecule has 10 aromatic rings. The number of aryl methyl sites for hydroxylation is 3. The van der Waals surface area contributed by atoms with Gasteiger partial charge in [-0.15, -0.1) is 0 Å². The van der Waals surface area contributed by atoms with Crippen molar-refractivity contribution in [3.63, 3.8) is 0 Å². The van der Waals surface area contributed by atoms with Crippen LogP contribution >= 0.6 is 11.6 Å². The molecule has 0 atom stereocenters. The topological polar surface area (TPSA) is 321 Å². The van der Waals surface area contributed by atoms with E-state index in [1.807, 2.05) is 107 Å². The molecule has 2 saturated carbocycles. The summed E-state index contributed by atoms with van der Waals surface area (Å²) < 4.78 is 33.1. The van der Waals surface area contributed by atoms with Gasteiger partial charge in [-0.3, -0.25) is 34.2 Å². The van der Waals surface area contributed by atoms with Gasteiger partial charge >= 0.3 is 11.9 Å². The number of anilines is 2. The van der Waals surface area contributed by atoms with E-state index in [1.54, 1.807) is 54.2 Å². The van der Waals surface area contributed by atoms with Gasteiger partial charge in [0.15, 0.2) is 45.4 Å². The van der Waals surface area contributed by atoms with Gasteiger partial charge < -0.3 is 52.9 Å². The van der Waals surface area contributed by atoms with Gasteiger partial charge in [0.2, 0.25) is 0 Å². The van der Waals surface area contributed by atoms with Crippen molar-refractivity contribution in [3.8, 4) is 11.3 Å². The summed E-state index contributed by atoms with van der Waals surface area (Å²) >= 11 is 5.89. The third kappa shape index (κ3) is 18.7. The molecule has 15 rings (SSSR count). The molecule has 28 heteroatoms. The van der Waals surface area contributed by atoms with E-state index in [-0.39, 0.29) is 62.0 Å². The molecule has 2 aliphatic carbocycles. The number of carboxylic acids is 2. The molecule has 121 heavy (non-hydrogen) atoms. The molecule has 9 aromatic heterocycles. The van der Waals surface area contributed by atoms with Crippen LogP contribution in [0, 0.1) is 37.4 Å². The summed E-state index contributed by atoms with van der Waals surface area (Å²) in [7, 11) is 0. The highest BCUT2D eigenvalue weighted by Gasteiger charge is 2.45. The standard InChI is InChI=1S/C32H43N5O4.C31H43N5O3.C30H31ClFN5O4/c1-19-26(29(39)40)35-25(17-33-19)36-13-14-37(32(7,8)18-36)28(38)24-16-23-27(41-24)21(30(2,3)4)15-22(34-23)20-9-11-31(5,6)12-10-20;1-19-15-24(34-33-19)27(37)35-13-14-36(31(7,8)18-35)28(38)25-17-23-26(39-25)21(29(2,3)4)16-22(32-23)20-9-11-30(5,6)12-10-20;1-16-25(28(39)40)35-24(14-33-16)36-9-10-37(30(5,6)15-36)27(38)23-13-22-26(41-23)18(29(2,3)4)12-21(34-22)17-7-8-19(31)20(32)11-17/h15-17,20H,9-14,18H2,1-8H3,(H,39,40);15-17,20H,9-14,18H2,1-8H3,(H,33,34);7-8,11-14H,9-10,15H2,1-6H3,(H,39,40). The first kappa shape index (κ1) is 88.1. The van der Waals surface area contributed by atoms with E-state index in [2.05, 4.69) is 112 Å². The van der Waals surface area contributed by atoms with Crippen LogP contribution in [0.4, 0.5) is 16.0 Å². The minimum absolute atomic E-state index is 0.0292. The van der Waals surface area contributed by atoms with Crippen molar-refractivity contribution in [1.82, 2.24) is 64.7 Å². The fourth-order valence-corrected chi connectivity index (χ4v) is 17.7. The fraction of sp³-hybridized carbons (Fsp3) is 0.527. The summed E-state index contributed by atoms with van der Waals surface area (Å²) in [5, 5.41) is 25.9. The van der Waals surface area contributed by atoms with Crippen LogP contribution in [0.15, 0.2) is 86.3 Å². The predicted molar refractivity (Wildman–Crippen MR) is 465 cm³/mol. The molecule has 4 amide bonds. The Balaban J connectivity index is 0.000000157. The second-order valence-corrected chi connectivity index (χ2v) is 40.6. The summed E-state index contributed by atoms with van der Waals surface area (Å²) in [6.45, 7) is 49.4. The monoisotopic (exact) mass is 1670 g/mol. The Bertz CT molecular complexity index is 5670. The molecule has 5 aliphatic rings. The molecule has 3 aliphatic heterocycles. The van der Waals surface area contributed by atoms with Crippen LogP contribution in [-0.2, 0) is 16.2 Å². The lowest BCUT2D eigenvalue weighted by Crippen LogP contribution is -2.62. The zero-order valence-electron chi connectivity index (χ0n) is 74.2. The maximum absolute atomic E-state index is 14.2. The Morgan fingerprint density at radius 3 is 1.21 bits per heavy atom. The molecular weight excluding hydrogens is 1560 g/mol. The number of furan rings is 3. The molecule has 1 aromatic carbocycles. The number of nitrogens with one attached hydrogen (secondary N) is 1. The number of amides is 4. The summed E-state index contributed by atoms with van der Waals surface area (Å²) in [5.41, 5.74) is 10.4. The van der Waals surface area contributed by atoms with Crippen LogP contribution in [0.3, 0.4) is 0 Å². The highest BCUT2D eigenvalue weighted by atomic mass is 35.5. The number of aromatic amines is 1. The molecule has 644 valence electrons. The molecule has 12 heterocycles. The Hall–Kier alpha value is -10.7. The second-order valence-electron chi connectivity index (χ2n) is 40.2. The number of halogens is 2. The number of piperazine rings is 3. The largest absolute Gasteiger partial charge is 0.476 e. The van der Waals surface area contributed by atoms with E-state index >= 15 is 0 Å². The summed E-state index contributed by atoms with van der Waals surface area (Å²) in [6, 6.07) is 17.9. The van der Waals surface area contributed by atoms with Crippen LogP contribution in [0.2, 0.25) is 5.02 Å². The number of carbonyl (C=O) groups excluding carboxylic acids is 4. The highest BCUT2D eigenvalue weighted by Crippen LogP contribution is 2.47. The van der Waals surface area contributed by atoms with Gasteiger partial charge in [0.05, 0.1) is 51.1 Å². The third-order valence-electron chi connectivity index (χ3n) is 24.9. The SMILES string of the molecule is Cc1cc(C(=O)N2CCN(C(=O)c3cc4nc(C5CCC(C)(C)CC5)cc(C(C)(C)C)c4o3)C(C)(C)C2)n[nH]1.Cc1ncc(N2CCN(C(=O)c3cc4nc(-c5ccc(Cl)c(F)c5)cc(C(C)(C)C)c4o3)C(C)(C)C2)nc1C(=O)O.Cc1ncc(N2CCN(C(=O)c3cc4nc(C5CCC(C)(C)CC5)cc(C(C)(C)C)c4o3)C(C)(C)C2)nc1C(=O)O. The number of nitrogens with zero attached hydrogens (tertiary/aromatic N) is 14. The van der Waals surface area contributed by atoms with Crippen molar-refractivity contribution in [2.75, 3.05) is 68.7 Å². The fourth-order valence-electron chi connectivity index (χ4n) is 17.5. The predicted octanol–water partition coefficient (Wildman–Crippen LogP) is 18.7. The van der Waals surface area contributed by atoms with E-state index in [0.29, 0.717) is 155 Å². The quantitative estimate of drug-likeness (QED) is 0.108. The van der Waals surface area contributed by atoms with Crippen molar-refractivity contribution in [1.29, 1.82) is 0 Å². The molecule has 0 bridgehead atoms. The third-order valence-corrected chi connectivity index (χ3v) is 25.2. The number of benzene rings is 1. The smallest absolute Gasteiger partial charge is 0.356 e. The van der Waals surface area contributed by atoms with Gasteiger partial charge in [0.25, 0.3) is 23.6 Å². The molecule has 0 unspecified atom stereocenters. The molecule has 3 N–H and O–H groups in total. The Labute approximate surface area is 712 Å². The maximum Gasteiger partial charge on any atom is 0.356 e. The molecule has 3 saturated heterocycles. The number of aromatic nitrogens is 9. The first-order chi connectivity index (χ1) is 56.3. The second kappa shape index (κ2) is 32.6. The Morgan fingerprint density at radius 2 is 0.860 bits per heavy atom. The Kier molecular flexibility index (Phi) is 23.7. The van der Waals surface area contributed by atoms with Gasteiger partial charge in [0.1, 0.15) is 39.7 Å². The van der Waals surface area contributed by atoms with Gasteiger partial charge in [0, 0.05) is 128 Å². The molecular formula is C93H117ClFN15O11. The normalized spacial score (nSPS) is 18.3. The number of hydrogen-bond acceptors (Lipinski definition) is 19. The number of pyridine rings is 3. The number of carboxylic acid groups (broad SMARTS) is 2. The van der Waals surface area contributed by atoms with Crippen molar-refractivity contribution < 1.29 is 56.6 Å². The first-order valence-corrected chi connectivity index (χ1v) is 42.5. The summed E-state index contributed by atoms with van der Waals surface area (Å²) in [4.78, 5) is 121. The number of fused-ring (bicyclic) bond motifs is 3. The molecule has 5 fully saturated rings. The van der Waals surface area contributed by atoms with Crippen molar-refractivity contribution in [3.05, 3.63) is 163 Å². The van der Waals surface area contributed by atoms with Gasteiger partial charge in [-0.25, -0.2) is 38.9 Å². The lowest BCUT2D eigenvalue weighted by molar-refractivity contribution is 0.0148. The van der Waals surface area contributed by atoms with E-state index in [9.17, 15) is 43.4 Å². The minimum atomic E-state index is -1.14. The van der Waals surface area contributed by atoms with Gasteiger partial charge in [-0.05, 0) is 177 Å². The average molecular weight is 1680 g/mol. The van der Waals surface area contributed by atoms with E-state index in [0.717, 1.165) is 70.5 Å². The molecule has 26 nitrogen and oxygen atoms in total. The lowest BCUT2D eigenvalue weighted by Gasteiger charge is -2.47. The van der Waals surface area contributed by atoms with Gasteiger partial charge in [-0.2, -0.15) is 5.10 Å². The molecule has 0 spiro atoms. The van der Waals surface area contributed by atoms with E-state index < -0.39 is 34.4 Å². The highest BCUT2D eigenvalue weighted by molar-refractivity contribution is 6.30. The van der Waals surface area contributed by atoms with Gasteiger partial charge in [-0.1, -0.05) is 108 Å². The minimum Gasteiger partial charge on any atom is -0.476 e. The van der Waals surface area contributed by atoms with E-state index in [4.69, 9.17) is 39.8 Å². The average Bonchev–Trinajstić information content (AvgIpc) is 1.63. The maximum atomic E-state index is 14.2. The molecule has 0 radical (unpaired) electrons. The summed E-state index contributed by atoms with van der Waals surface area (Å²) in [6.07, 6.45) is 12.4. The van der Waals surface area contributed by atoms with Crippen LogP contribution in [0.25, 0.3) is 44.6 Å². The number of hydrogen-bond donors (Lipinski definition) is 3. The van der Waals surface area contributed by atoms with Crippen molar-refractivity contribution in [2.24, 2.45) is 10.8 Å². The number of rotatable bonds is 11.